The van der Waals surface area contributed by atoms with Crippen molar-refractivity contribution < 1.29 is 9.18 Å². The smallest absolute Gasteiger partial charge is 0.269 e. The lowest BCUT2D eigenvalue weighted by Gasteiger charge is -2.09. The Bertz CT molecular complexity index is 611. The molecule has 1 N–H and O–H groups in total. The van der Waals surface area contributed by atoms with Gasteiger partial charge in [-0.25, -0.2) is 4.39 Å². The molecule has 0 atom stereocenters. The fourth-order valence-electron chi connectivity index (χ4n) is 1.44. The highest BCUT2D eigenvalue weighted by molar-refractivity contribution is 9.10. The molecule has 19 heavy (non-hydrogen) atoms. The summed E-state index contributed by atoms with van der Waals surface area (Å²) >= 11 is 10.1. The molecular formula is C11H8BrClFN3OS. The first-order valence-electron chi connectivity index (χ1n) is 5.30. The van der Waals surface area contributed by atoms with Gasteiger partial charge in [-0.15, -0.1) is 5.10 Å². The third kappa shape index (κ3) is 3.10. The Balaban J connectivity index is 2.29. The van der Waals surface area contributed by atoms with Crippen LogP contribution in [-0.2, 0) is 6.42 Å². The van der Waals surface area contributed by atoms with Gasteiger partial charge in [-0.1, -0.05) is 23.0 Å². The Morgan fingerprint density at radius 1 is 1.58 bits per heavy atom. The number of amides is 1. The lowest BCUT2D eigenvalue weighted by atomic mass is 10.2. The van der Waals surface area contributed by atoms with E-state index in [4.69, 9.17) is 11.6 Å². The van der Waals surface area contributed by atoms with Gasteiger partial charge in [-0.2, -0.15) is 0 Å². The molecule has 1 aromatic heterocycles. The van der Waals surface area contributed by atoms with Gasteiger partial charge >= 0.3 is 0 Å². The zero-order valence-corrected chi connectivity index (χ0v) is 12.9. The predicted molar refractivity (Wildman–Crippen MR) is 76.4 cm³/mol. The summed E-state index contributed by atoms with van der Waals surface area (Å²) in [6.45, 7) is 1.88. The fourth-order valence-corrected chi connectivity index (χ4v) is 2.99. The molecular weight excluding hydrogens is 357 g/mol. The van der Waals surface area contributed by atoms with Gasteiger partial charge in [0.1, 0.15) is 10.7 Å². The molecule has 0 aliphatic rings. The van der Waals surface area contributed by atoms with Gasteiger partial charge in [-0.3, -0.25) is 4.79 Å². The van der Waals surface area contributed by atoms with Crippen LogP contribution >= 0.6 is 39.1 Å². The molecule has 2 rings (SSSR count). The monoisotopic (exact) mass is 363 g/mol. The van der Waals surface area contributed by atoms with Crippen LogP contribution in [-0.4, -0.2) is 15.5 Å². The molecule has 0 saturated heterocycles. The summed E-state index contributed by atoms with van der Waals surface area (Å²) in [4.78, 5) is 12.5. The second-order valence-corrected chi connectivity index (χ2v) is 5.62. The van der Waals surface area contributed by atoms with E-state index in [1.165, 1.54) is 6.07 Å². The zero-order chi connectivity index (χ0) is 14.0. The topological polar surface area (TPSA) is 54.9 Å². The van der Waals surface area contributed by atoms with Crippen LogP contribution in [0.2, 0.25) is 5.02 Å². The molecule has 4 nitrogen and oxygen atoms in total. The largest absolute Gasteiger partial charge is 0.319 e. The van der Waals surface area contributed by atoms with Crippen molar-refractivity contribution >= 4 is 50.7 Å². The molecule has 0 aliphatic heterocycles. The molecule has 1 amide bonds. The number of anilines is 1. The van der Waals surface area contributed by atoms with E-state index in [9.17, 15) is 9.18 Å². The van der Waals surface area contributed by atoms with E-state index in [1.807, 2.05) is 6.92 Å². The first kappa shape index (κ1) is 14.4. The van der Waals surface area contributed by atoms with Crippen molar-refractivity contribution in [3.05, 3.63) is 38.0 Å². The number of carbonyl (C=O) groups excluding carboxylic acids is 1. The highest BCUT2D eigenvalue weighted by atomic mass is 79.9. The van der Waals surface area contributed by atoms with Gasteiger partial charge in [0.15, 0.2) is 0 Å². The predicted octanol–water partition coefficient (Wildman–Crippen LogP) is 3.91. The minimum absolute atomic E-state index is 0.121. The van der Waals surface area contributed by atoms with Gasteiger partial charge in [0.25, 0.3) is 5.91 Å². The summed E-state index contributed by atoms with van der Waals surface area (Å²) in [5.41, 5.74) is 0.945. The van der Waals surface area contributed by atoms with Crippen molar-refractivity contribution in [3.63, 3.8) is 0 Å². The molecule has 0 saturated carbocycles. The van der Waals surface area contributed by atoms with Gasteiger partial charge < -0.3 is 5.32 Å². The average Bonchev–Trinajstić information content (AvgIpc) is 2.81. The Morgan fingerprint density at radius 2 is 2.32 bits per heavy atom. The first-order chi connectivity index (χ1) is 9.02. The summed E-state index contributed by atoms with van der Waals surface area (Å²) in [6.07, 6.45) is 0.609. The molecule has 100 valence electrons. The third-order valence-corrected chi connectivity index (χ3v) is 4.03. The van der Waals surface area contributed by atoms with Gasteiger partial charge in [-0.05, 0) is 46.0 Å². The van der Waals surface area contributed by atoms with Crippen molar-refractivity contribution in [2.75, 3.05) is 5.32 Å². The van der Waals surface area contributed by atoms with Crippen LogP contribution in [0.25, 0.3) is 0 Å². The number of rotatable bonds is 3. The number of hydrogen-bond acceptors (Lipinski definition) is 4. The Hall–Kier alpha value is -1.05. The second kappa shape index (κ2) is 5.94. The Kier molecular flexibility index (Phi) is 4.49. The maximum atomic E-state index is 13.1. The number of aryl methyl sites for hydroxylation is 1. The third-order valence-electron chi connectivity index (χ3n) is 2.34. The van der Waals surface area contributed by atoms with Gasteiger partial charge in [0, 0.05) is 4.47 Å². The van der Waals surface area contributed by atoms with E-state index in [0.29, 0.717) is 27.2 Å². The molecule has 0 bridgehead atoms. The standard InChI is InChI=1S/C11H8BrClFN3OS/c1-2-8-10(19-17-16-8)11(18)15-9-6(12)3-5(14)4-7(9)13/h3-4H,2H2,1H3,(H,15,18). The Morgan fingerprint density at radius 3 is 2.95 bits per heavy atom. The number of aromatic nitrogens is 2. The van der Waals surface area contributed by atoms with Crippen molar-refractivity contribution in [2.45, 2.75) is 13.3 Å². The van der Waals surface area contributed by atoms with Crippen molar-refractivity contribution in [2.24, 2.45) is 0 Å². The van der Waals surface area contributed by atoms with Crippen LogP contribution in [0.3, 0.4) is 0 Å². The molecule has 0 unspecified atom stereocenters. The zero-order valence-electron chi connectivity index (χ0n) is 9.71. The lowest BCUT2D eigenvalue weighted by molar-refractivity contribution is 0.102. The summed E-state index contributed by atoms with van der Waals surface area (Å²) in [5, 5.41) is 6.61. The Labute approximate surface area is 126 Å². The quantitative estimate of drug-likeness (QED) is 0.898. The highest BCUT2D eigenvalue weighted by Gasteiger charge is 2.18. The molecule has 0 spiro atoms. The SMILES string of the molecule is CCc1nnsc1C(=O)Nc1c(Cl)cc(F)cc1Br. The van der Waals surface area contributed by atoms with Crippen LogP contribution in [0.1, 0.15) is 22.3 Å². The minimum Gasteiger partial charge on any atom is -0.319 e. The normalized spacial score (nSPS) is 10.5. The number of nitrogens with zero attached hydrogens (tertiary/aromatic N) is 2. The van der Waals surface area contributed by atoms with Crippen LogP contribution < -0.4 is 5.32 Å². The molecule has 8 heteroatoms. The highest BCUT2D eigenvalue weighted by Crippen LogP contribution is 2.32. The second-order valence-electron chi connectivity index (χ2n) is 3.60. The first-order valence-corrected chi connectivity index (χ1v) is 7.24. The van der Waals surface area contributed by atoms with E-state index < -0.39 is 5.82 Å². The number of nitrogens with one attached hydrogen (secondary N) is 1. The number of benzene rings is 1. The summed E-state index contributed by atoms with van der Waals surface area (Å²) in [6, 6.07) is 2.36. The maximum Gasteiger partial charge on any atom is 0.269 e. The number of carbonyl (C=O) groups is 1. The van der Waals surface area contributed by atoms with Gasteiger partial charge in [0.2, 0.25) is 0 Å². The van der Waals surface area contributed by atoms with Crippen LogP contribution in [0, 0.1) is 5.82 Å². The molecule has 1 aromatic carbocycles. The van der Waals surface area contributed by atoms with Crippen LogP contribution in [0.5, 0.6) is 0 Å². The molecule has 0 aliphatic carbocycles. The van der Waals surface area contributed by atoms with E-state index in [2.05, 4.69) is 30.8 Å². The summed E-state index contributed by atoms with van der Waals surface area (Å²) in [5.74, 6) is -0.843. The van der Waals surface area contributed by atoms with E-state index in [1.54, 1.807) is 0 Å². The van der Waals surface area contributed by atoms with Crippen molar-refractivity contribution in [1.82, 2.24) is 9.59 Å². The summed E-state index contributed by atoms with van der Waals surface area (Å²) in [7, 11) is 0. The number of halogens is 3. The minimum atomic E-state index is -0.483. The fraction of sp³-hybridized carbons (Fsp3) is 0.182. The maximum absolute atomic E-state index is 13.1. The lowest BCUT2D eigenvalue weighted by Crippen LogP contribution is -2.13. The van der Waals surface area contributed by atoms with Crippen molar-refractivity contribution in [3.8, 4) is 0 Å². The molecule has 0 radical (unpaired) electrons. The van der Waals surface area contributed by atoms with E-state index in [0.717, 1.165) is 17.6 Å². The molecule has 2 aromatic rings. The van der Waals surface area contributed by atoms with Crippen molar-refractivity contribution in [1.29, 1.82) is 0 Å². The van der Waals surface area contributed by atoms with Gasteiger partial charge in [0.05, 0.1) is 16.4 Å². The average molecular weight is 365 g/mol. The van der Waals surface area contributed by atoms with Crippen LogP contribution in [0.4, 0.5) is 10.1 Å². The van der Waals surface area contributed by atoms with Crippen LogP contribution in [0.15, 0.2) is 16.6 Å². The summed E-state index contributed by atoms with van der Waals surface area (Å²) < 4.78 is 17.2. The molecule has 0 fully saturated rings. The van der Waals surface area contributed by atoms with E-state index in [-0.39, 0.29) is 10.9 Å². The number of hydrogen-bond donors (Lipinski definition) is 1. The molecule has 1 heterocycles. The van der Waals surface area contributed by atoms with E-state index >= 15 is 0 Å².